The third kappa shape index (κ3) is 5.24. The van der Waals surface area contributed by atoms with Crippen LogP contribution in [0.3, 0.4) is 0 Å². The molecule has 0 bridgehead atoms. The lowest BCUT2D eigenvalue weighted by atomic mass is 10.2. The van der Waals surface area contributed by atoms with Crippen LogP contribution in [0, 0.1) is 0 Å². The molecule has 3 aromatic rings. The summed E-state index contributed by atoms with van der Waals surface area (Å²) < 4.78 is 28.6. The van der Waals surface area contributed by atoms with Crippen LogP contribution < -0.4 is 5.32 Å². The molecule has 3 rings (SSSR count). The van der Waals surface area contributed by atoms with Gasteiger partial charge in [-0.15, -0.1) is 5.10 Å². The second-order valence-electron chi connectivity index (χ2n) is 6.56. The highest BCUT2D eigenvalue weighted by molar-refractivity contribution is 7.89. The van der Waals surface area contributed by atoms with Crippen molar-refractivity contribution in [3.63, 3.8) is 0 Å². The average Bonchev–Trinajstić information content (AvgIpc) is 3.15. The standard InChI is InChI=1S/C20H21Cl2N5O3S/c1-3-27(4-2)31(29,30)18-10-15(16(21)11-17(18)22)19(28)24-20-23-13-26(25-20)12-14-8-6-5-7-9-14/h5-11,13H,3-4,12H2,1-2H3,(H,24,25,28). The van der Waals surface area contributed by atoms with Crippen LogP contribution in [0.25, 0.3) is 0 Å². The minimum absolute atomic E-state index is 0.0183. The van der Waals surface area contributed by atoms with Crippen molar-refractivity contribution in [1.29, 1.82) is 0 Å². The Balaban J connectivity index is 1.84. The Morgan fingerprint density at radius 2 is 1.77 bits per heavy atom. The van der Waals surface area contributed by atoms with Crippen LogP contribution in [0.15, 0.2) is 53.7 Å². The smallest absolute Gasteiger partial charge is 0.259 e. The normalized spacial score (nSPS) is 11.6. The molecule has 31 heavy (non-hydrogen) atoms. The van der Waals surface area contributed by atoms with E-state index in [-0.39, 0.29) is 39.5 Å². The zero-order valence-electron chi connectivity index (χ0n) is 16.9. The van der Waals surface area contributed by atoms with Gasteiger partial charge in [0.2, 0.25) is 16.0 Å². The number of anilines is 1. The molecule has 1 aromatic heterocycles. The van der Waals surface area contributed by atoms with Crippen LogP contribution in [0.5, 0.6) is 0 Å². The first kappa shape index (κ1) is 23.2. The lowest BCUT2D eigenvalue weighted by Crippen LogP contribution is -2.31. The number of hydrogen-bond donors (Lipinski definition) is 1. The SMILES string of the molecule is CCN(CC)S(=O)(=O)c1cc(C(=O)Nc2ncn(Cc3ccccc3)n2)c(Cl)cc1Cl. The average molecular weight is 482 g/mol. The number of nitrogens with one attached hydrogen (secondary N) is 1. The molecule has 0 aliphatic rings. The van der Waals surface area contributed by atoms with Crippen molar-refractivity contribution in [3.05, 3.63) is 70.0 Å². The Bertz CT molecular complexity index is 1180. The van der Waals surface area contributed by atoms with Gasteiger partial charge in [0.25, 0.3) is 5.91 Å². The second kappa shape index (κ2) is 9.78. The van der Waals surface area contributed by atoms with E-state index in [1.165, 1.54) is 22.8 Å². The van der Waals surface area contributed by atoms with E-state index >= 15 is 0 Å². The van der Waals surface area contributed by atoms with E-state index in [2.05, 4.69) is 15.4 Å². The van der Waals surface area contributed by atoms with Gasteiger partial charge < -0.3 is 0 Å². The molecule has 1 amide bonds. The third-order valence-electron chi connectivity index (χ3n) is 4.54. The molecular weight excluding hydrogens is 461 g/mol. The minimum atomic E-state index is -3.88. The summed E-state index contributed by atoms with van der Waals surface area (Å²) in [7, 11) is -3.88. The molecule has 0 unspecified atom stereocenters. The number of carbonyl (C=O) groups is 1. The van der Waals surface area contributed by atoms with Gasteiger partial charge in [-0.3, -0.25) is 10.1 Å². The quantitative estimate of drug-likeness (QED) is 0.525. The summed E-state index contributed by atoms with van der Waals surface area (Å²) in [5.41, 5.74) is 0.980. The molecule has 0 atom stereocenters. The van der Waals surface area contributed by atoms with Gasteiger partial charge in [-0.25, -0.2) is 18.1 Å². The summed E-state index contributed by atoms with van der Waals surface area (Å²) in [5, 5.41) is 6.73. The Morgan fingerprint density at radius 3 is 2.42 bits per heavy atom. The van der Waals surface area contributed by atoms with E-state index in [1.807, 2.05) is 30.3 Å². The predicted octanol–water partition coefficient (Wildman–Crippen LogP) is 3.92. The van der Waals surface area contributed by atoms with E-state index in [9.17, 15) is 13.2 Å². The number of nitrogens with zero attached hydrogens (tertiary/aromatic N) is 4. The fourth-order valence-corrected chi connectivity index (χ4v) is 5.26. The molecule has 0 aliphatic heterocycles. The Morgan fingerprint density at radius 1 is 1.10 bits per heavy atom. The molecule has 1 N–H and O–H groups in total. The number of aromatic nitrogens is 3. The highest BCUT2D eigenvalue weighted by Gasteiger charge is 2.27. The maximum Gasteiger partial charge on any atom is 0.259 e. The van der Waals surface area contributed by atoms with E-state index in [0.29, 0.717) is 6.54 Å². The molecule has 0 saturated heterocycles. The number of rotatable bonds is 8. The van der Waals surface area contributed by atoms with Gasteiger partial charge in [0.15, 0.2) is 0 Å². The van der Waals surface area contributed by atoms with Crippen molar-refractivity contribution in [2.45, 2.75) is 25.3 Å². The molecule has 2 aromatic carbocycles. The first-order chi connectivity index (χ1) is 14.8. The third-order valence-corrected chi connectivity index (χ3v) is 7.37. The maximum absolute atomic E-state index is 12.9. The lowest BCUT2D eigenvalue weighted by Gasteiger charge is -2.20. The molecule has 11 heteroatoms. The van der Waals surface area contributed by atoms with E-state index in [4.69, 9.17) is 23.2 Å². The second-order valence-corrected chi connectivity index (χ2v) is 9.28. The zero-order chi connectivity index (χ0) is 22.6. The molecule has 0 fully saturated rings. The van der Waals surface area contributed by atoms with Crippen LogP contribution >= 0.6 is 23.2 Å². The number of hydrogen-bond acceptors (Lipinski definition) is 5. The predicted molar refractivity (Wildman–Crippen MR) is 120 cm³/mol. The monoisotopic (exact) mass is 481 g/mol. The first-order valence-corrected chi connectivity index (χ1v) is 11.7. The van der Waals surface area contributed by atoms with Gasteiger partial charge in [-0.1, -0.05) is 67.4 Å². The van der Waals surface area contributed by atoms with Gasteiger partial charge in [0, 0.05) is 13.1 Å². The summed E-state index contributed by atoms with van der Waals surface area (Å²) in [4.78, 5) is 16.7. The van der Waals surface area contributed by atoms with Crippen LogP contribution in [0.1, 0.15) is 29.8 Å². The highest BCUT2D eigenvalue weighted by Crippen LogP contribution is 2.31. The molecule has 1 heterocycles. The number of halogens is 2. The van der Waals surface area contributed by atoms with Crippen molar-refractivity contribution in [1.82, 2.24) is 19.1 Å². The van der Waals surface area contributed by atoms with E-state index in [1.54, 1.807) is 18.5 Å². The fourth-order valence-electron chi connectivity index (χ4n) is 2.97. The van der Waals surface area contributed by atoms with Gasteiger partial charge in [-0.2, -0.15) is 4.31 Å². The van der Waals surface area contributed by atoms with Crippen molar-refractivity contribution in [2.75, 3.05) is 18.4 Å². The van der Waals surface area contributed by atoms with E-state index in [0.717, 1.165) is 5.56 Å². The number of benzene rings is 2. The molecular formula is C20H21Cl2N5O3S. The van der Waals surface area contributed by atoms with Gasteiger partial charge in [0.05, 0.1) is 22.2 Å². The van der Waals surface area contributed by atoms with Crippen molar-refractivity contribution in [3.8, 4) is 0 Å². The number of carbonyl (C=O) groups excluding carboxylic acids is 1. The highest BCUT2D eigenvalue weighted by atomic mass is 35.5. The molecule has 0 aliphatic carbocycles. The summed E-state index contributed by atoms with van der Waals surface area (Å²) >= 11 is 12.3. The fraction of sp³-hybridized carbons (Fsp3) is 0.250. The summed E-state index contributed by atoms with van der Waals surface area (Å²) in [6, 6.07) is 12.1. The summed E-state index contributed by atoms with van der Waals surface area (Å²) in [6.45, 7) is 4.45. The van der Waals surface area contributed by atoms with Crippen molar-refractivity contribution < 1.29 is 13.2 Å². The van der Waals surface area contributed by atoms with E-state index < -0.39 is 15.9 Å². The molecule has 0 radical (unpaired) electrons. The zero-order valence-corrected chi connectivity index (χ0v) is 19.2. The lowest BCUT2D eigenvalue weighted by molar-refractivity contribution is 0.102. The largest absolute Gasteiger partial charge is 0.289 e. The van der Waals surface area contributed by atoms with Gasteiger partial charge >= 0.3 is 0 Å². The summed E-state index contributed by atoms with van der Waals surface area (Å²) in [6.07, 6.45) is 1.49. The number of sulfonamides is 1. The van der Waals surface area contributed by atoms with Crippen LogP contribution in [0.4, 0.5) is 5.95 Å². The van der Waals surface area contributed by atoms with Gasteiger partial charge in [-0.05, 0) is 17.7 Å². The molecule has 0 saturated carbocycles. The number of amides is 1. The Kier molecular flexibility index (Phi) is 7.32. The van der Waals surface area contributed by atoms with Crippen LogP contribution in [-0.4, -0.2) is 46.5 Å². The molecule has 0 spiro atoms. The van der Waals surface area contributed by atoms with Crippen LogP contribution in [-0.2, 0) is 16.6 Å². The Hall–Kier alpha value is -2.46. The van der Waals surface area contributed by atoms with Crippen molar-refractivity contribution >= 4 is 45.1 Å². The topological polar surface area (TPSA) is 97.2 Å². The first-order valence-electron chi connectivity index (χ1n) is 9.50. The van der Waals surface area contributed by atoms with Crippen LogP contribution in [0.2, 0.25) is 10.0 Å². The summed E-state index contributed by atoms with van der Waals surface area (Å²) in [5.74, 6) is -0.574. The van der Waals surface area contributed by atoms with Crippen molar-refractivity contribution in [2.24, 2.45) is 0 Å². The van der Waals surface area contributed by atoms with Gasteiger partial charge in [0.1, 0.15) is 11.2 Å². The Labute approximate surface area is 190 Å². The molecule has 164 valence electrons. The minimum Gasteiger partial charge on any atom is -0.289 e. The molecule has 8 nitrogen and oxygen atoms in total. The maximum atomic E-state index is 12.9.